The molecule has 29 heavy (non-hydrogen) atoms. The minimum Gasteiger partial charge on any atom is -0.373 e. The number of nitrogens with zero attached hydrogens (tertiary/aromatic N) is 2. The summed E-state index contributed by atoms with van der Waals surface area (Å²) in [4.78, 5) is 4.96. The average molecular weight is 449 g/mol. The first-order valence-corrected chi connectivity index (χ1v) is 12.0. The highest BCUT2D eigenvalue weighted by Gasteiger charge is 2.32. The largest absolute Gasteiger partial charge is 0.373 e. The third kappa shape index (κ3) is 4.39. The maximum Gasteiger partial charge on any atom is 0.243 e. The van der Waals surface area contributed by atoms with Crippen molar-refractivity contribution in [2.45, 2.75) is 31.0 Å². The second kappa shape index (κ2) is 8.16. The summed E-state index contributed by atoms with van der Waals surface area (Å²) < 4.78 is 33.5. The lowest BCUT2D eigenvalue weighted by atomic mass is 10.2. The number of rotatable bonds is 4. The third-order valence-corrected chi connectivity index (χ3v) is 7.72. The van der Waals surface area contributed by atoms with Crippen LogP contribution in [-0.4, -0.2) is 43.0 Å². The molecule has 152 valence electrons. The Bertz CT molecular complexity index is 1100. The van der Waals surface area contributed by atoms with Crippen LogP contribution in [0.3, 0.4) is 0 Å². The van der Waals surface area contributed by atoms with Crippen LogP contribution in [0.25, 0.3) is 21.8 Å². The van der Waals surface area contributed by atoms with Crippen molar-refractivity contribution >= 4 is 33.0 Å². The van der Waals surface area contributed by atoms with Crippen LogP contribution in [-0.2, 0) is 14.8 Å². The molecule has 1 fully saturated rings. The fraction of sp³-hybridized carbons (Fsp3) is 0.286. The molecule has 1 aromatic heterocycles. The Kier molecular flexibility index (Phi) is 5.77. The van der Waals surface area contributed by atoms with Gasteiger partial charge in [-0.25, -0.2) is 13.4 Å². The number of thiazole rings is 1. The Morgan fingerprint density at radius 1 is 1.07 bits per heavy atom. The molecule has 2 heterocycles. The van der Waals surface area contributed by atoms with Crippen molar-refractivity contribution in [1.82, 2.24) is 9.29 Å². The van der Waals surface area contributed by atoms with Gasteiger partial charge in [-0.15, -0.1) is 11.3 Å². The Morgan fingerprint density at radius 2 is 1.76 bits per heavy atom. The Hall–Kier alpha value is -1.77. The first-order chi connectivity index (χ1) is 13.8. The van der Waals surface area contributed by atoms with Crippen molar-refractivity contribution in [2.24, 2.45) is 0 Å². The van der Waals surface area contributed by atoms with Crippen molar-refractivity contribution < 1.29 is 13.2 Å². The summed E-state index contributed by atoms with van der Waals surface area (Å²) in [6, 6.07) is 14.5. The summed E-state index contributed by atoms with van der Waals surface area (Å²) in [5.41, 5.74) is 2.50. The molecule has 8 heteroatoms. The van der Waals surface area contributed by atoms with Gasteiger partial charge in [-0.3, -0.25) is 0 Å². The van der Waals surface area contributed by atoms with Gasteiger partial charge in [0.25, 0.3) is 0 Å². The first kappa shape index (κ1) is 20.5. The van der Waals surface area contributed by atoms with Crippen LogP contribution in [0.2, 0.25) is 5.02 Å². The van der Waals surface area contributed by atoms with Gasteiger partial charge in [0.1, 0.15) is 5.01 Å². The van der Waals surface area contributed by atoms with Gasteiger partial charge in [-0.2, -0.15) is 4.31 Å². The number of ether oxygens (including phenoxy) is 1. The molecule has 2 aromatic carbocycles. The van der Waals surface area contributed by atoms with E-state index in [0.29, 0.717) is 18.1 Å². The van der Waals surface area contributed by atoms with Crippen molar-refractivity contribution in [3.8, 4) is 21.8 Å². The van der Waals surface area contributed by atoms with E-state index in [1.165, 1.54) is 15.6 Å². The number of hydrogen-bond donors (Lipinski definition) is 0. The molecule has 2 atom stereocenters. The number of halogens is 1. The van der Waals surface area contributed by atoms with Crippen molar-refractivity contribution in [2.75, 3.05) is 13.1 Å². The van der Waals surface area contributed by atoms with E-state index in [0.717, 1.165) is 21.8 Å². The molecule has 1 saturated heterocycles. The molecule has 1 aliphatic heterocycles. The fourth-order valence-electron chi connectivity index (χ4n) is 3.42. The molecule has 1 aliphatic rings. The Labute approximate surface area is 180 Å². The van der Waals surface area contributed by atoms with Crippen molar-refractivity contribution in [3.63, 3.8) is 0 Å². The van der Waals surface area contributed by atoms with Gasteiger partial charge in [0.15, 0.2) is 0 Å². The zero-order chi connectivity index (χ0) is 20.6. The summed E-state index contributed by atoms with van der Waals surface area (Å²) in [6.07, 6.45) is -0.255. The standard InChI is InChI=1S/C21H21ClN2O3S2/c1-14-11-24(12-15(2)27-14)29(25,26)19-5-3-4-17(10-19)20-13-28-21(23-20)16-6-8-18(22)9-7-16/h3-10,13-15H,11-12H2,1-2H3/t14-,15+. The SMILES string of the molecule is C[C@@H]1CN(S(=O)(=O)c2cccc(-c3csc(-c4ccc(Cl)cc4)n3)c2)C[C@H](C)O1. The zero-order valence-electron chi connectivity index (χ0n) is 16.1. The number of benzene rings is 2. The molecule has 5 nitrogen and oxygen atoms in total. The van der Waals surface area contributed by atoms with Gasteiger partial charge in [0.2, 0.25) is 10.0 Å². The molecule has 0 unspecified atom stereocenters. The molecular formula is C21H21ClN2O3S2. The van der Waals surface area contributed by atoms with E-state index >= 15 is 0 Å². The van der Waals surface area contributed by atoms with Crippen LogP contribution in [0.15, 0.2) is 58.8 Å². The Balaban J connectivity index is 1.63. The summed E-state index contributed by atoms with van der Waals surface area (Å²) in [6.45, 7) is 4.49. The first-order valence-electron chi connectivity index (χ1n) is 9.30. The molecule has 0 bridgehead atoms. The molecule has 3 aromatic rings. The van der Waals surface area contributed by atoms with Gasteiger partial charge in [0.05, 0.1) is 22.8 Å². The maximum absolute atomic E-state index is 13.2. The van der Waals surface area contributed by atoms with Crippen LogP contribution < -0.4 is 0 Å². The lowest BCUT2D eigenvalue weighted by molar-refractivity contribution is -0.0440. The monoisotopic (exact) mass is 448 g/mol. The zero-order valence-corrected chi connectivity index (χ0v) is 18.5. The normalized spacial score (nSPS) is 20.7. The van der Waals surface area contributed by atoms with Crippen LogP contribution >= 0.6 is 22.9 Å². The second-order valence-electron chi connectivity index (χ2n) is 7.15. The van der Waals surface area contributed by atoms with Gasteiger partial charge in [0, 0.05) is 34.6 Å². The van der Waals surface area contributed by atoms with E-state index in [2.05, 4.69) is 4.98 Å². The number of morpholine rings is 1. The fourth-order valence-corrected chi connectivity index (χ4v) is 6.02. The summed E-state index contributed by atoms with van der Waals surface area (Å²) >= 11 is 7.47. The second-order valence-corrected chi connectivity index (χ2v) is 10.4. The minimum atomic E-state index is -3.59. The highest BCUT2D eigenvalue weighted by Crippen LogP contribution is 2.31. The lowest BCUT2D eigenvalue weighted by Crippen LogP contribution is -2.48. The predicted octanol–water partition coefficient (Wildman–Crippen LogP) is 4.93. The highest BCUT2D eigenvalue weighted by molar-refractivity contribution is 7.89. The van der Waals surface area contributed by atoms with Gasteiger partial charge in [-0.1, -0.05) is 35.9 Å². The van der Waals surface area contributed by atoms with E-state index in [4.69, 9.17) is 16.3 Å². The summed E-state index contributed by atoms with van der Waals surface area (Å²) in [7, 11) is -3.59. The predicted molar refractivity (Wildman–Crippen MR) is 117 cm³/mol. The minimum absolute atomic E-state index is 0.128. The van der Waals surface area contributed by atoms with E-state index in [9.17, 15) is 8.42 Å². The molecule has 0 radical (unpaired) electrons. The van der Waals surface area contributed by atoms with E-state index in [-0.39, 0.29) is 17.1 Å². The molecule has 4 rings (SSSR count). The maximum atomic E-state index is 13.2. The Morgan fingerprint density at radius 3 is 2.45 bits per heavy atom. The van der Waals surface area contributed by atoms with E-state index in [1.807, 2.05) is 49.6 Å². The average Bonchev–Trinajstić information content (AvgIpc) is 3.18. The van der Waals surface area contributed by atoms with E-state index < -0.39 is 10.0 Å². The van der Waals surface area contributed by atoms with Crippen LogP contribution in [0.1, 0.15) is 13.8 Å². The molecule has 0 spiro atoms. The smallest absolute Gasteiger partial charge is 0.243 e. The molecule has 0 aliphatic carbocycles. The van der Waals surface area contributed by atoms with Crippen LogP contribution in [0.4, 0.5) is 0 Å². The van der Waals surface area contributed by atoms with Gasteiger partial charge in [-0.05, 0) is 38.1 Å². The quantitative estimate of drug-likeness (QED) is 0.567. The number of sulfonamides is 1. The van der Waals surface area contributed by atoms with Crippen LogP contribution in [0.5, 0.6) is 0 Å². The molecule has 0 saturated carbocycles. The summed E-state index contributed by atoms with van der Waals surface area (Å²) in [5.74, 6) is 0. The van der Waals surface area contributed by atoms with Crippen molar-refractivity contribution in [3.05, 3.63) is 58.9 Å². The topological polar surface area (TPSA) is 59.5 Å². The lowest BCUT2D eigenvalue weighted by Gasteiger charge is -2.34. The van der Waals surface area contributed by atoms with E-state index in [1.54, 1.807) is 18.2 Å². The van der Waals surface area contributed by atoms with Crippen molar-refractivity contribution in [1.29, 1.82) is 0 Å². The molecule has 0 amide bonds. The molecule has 0 N–H and O–H groups in total. The third-order valence-electron chi connectivity index (χ3n) is 4.75. The highest BCUT2D eigenvalue weighted by atomic mass is 35.5. The number of aromatic nitrogens is 1. The molecular weight excluding hydrogens is 428 g/mol. The van der Waals surface area contributed by atoms with Gasteiger partial charge >= 0.3 is 0 Å². The number of hydrogen-bond acceptors (Lipinski definition) is 5. The summed E-state index contributed by atoms with van der Waals surface area (Å²) in [5, 5.41) is 3.48. The van der Waals surface area contributed by atoms with Gasteiger partial charge < -0.3 is 4.74 Å². The van der Waals surface area contributed by atoms with Crippen LogP contribution in [0, 0.1) is 0 Å².